The normalized spacial score (nSPS) is 11.8. The Labute approximate surface area is 101 Å². The molecular weight excluding hydrogens is 216 g/mol. The molecule has 4 heteroatoms. The monoisotopic (exact) mass is 232 g/mol. The molecule has 0 heterocycles. The zero-order chi connectivity index (χ0) is 12.7. The standard InChI is InChI=1S/C13H16N2O2/c1-3-5-12(4-2)14-10-11-6-8-13(9-7-11)15(16)17/h2,6-9,12,14H,3,5,10H2,1H3. The van der Waals surface area contributed by atoms with E-state index in [2.05, 4.69) is 18.2 Å². The Morgan fingerprint density at radius 2 is 2.12 bits per heavy atom. The van der Waals surface area contributed by atoms with E-state index in [1.807, 2.05) is 0 Å². The van der Waals surface area contributed by atoms with Crippen molar-refractivity contribution >= 4 is 5.69 Å². The van der Waals surface area contributed by atoms with Crippen molar-refractivity contribution in [2.75, 3.05) is 0 Å². The summed E-state index contributed by atoms with van der Waals surface area (Å²) in [6.07, 6.45) is 7.35. The van der Waals surface area contributed by atoms with Gasteiger partial charge in [0.2, 0.25) is 0 Å². The fraction of sp³-hybridized carbons (Fsp3) is 0.385. The van der Waals surface area contributed by atoms with Gasteiger partial charge in [-0.15, -0.1) is 6.42 Å². The van der Waals surface area contributed by atoms with Gasteiger partial charge in [-0.2, -0.15) is 0 Å². The van der Waals surface area contributed by atoms with Crippen LogP contribution in [0.5, 0.6) is 0 Å². The number of non-ortho nitro benzene ring substituents is 1. The number of terminal acetylenes is 1. The second-order valence-electron chi connectivity index (χ2n) is 3.81. The van der Waals surface area contributed by atoms with E-state index in [0.29, 0.717) is 6.54 Å². The minimum Gasteiger partial charge on any atom is -0.300 e. The Hall–Kier alpha value is -1.86. The lowest BCUT2D eigenvalue weighted by Gasteiger charge is -2.11. The summed E-state index contributed by atoms with van der Waals surface area (Å²) >= 11 is 0. The van der Waals surface area contributed by atoms with E-state index < -0.39 is 4.92 Å². The van der Waals surface area contributed by atoms with Crippen molar-refractivity contribution < 1.29 is 4.92 Å². The number of rotatable bonds is 6. The summed E-state index contributed by atoms with van der Waals surface area (Å²) in [5.74, 6) is 2.68. The van der Waals surface area contributed by atoms with E-state index in [4.69, 9.17) is 6.42 Å². The zero-order valence-electron chi connectivity index (χ0n) is 9.85. The summed E-state index contributed by atoms with van der Waals surface area (Å²) in [4.78, 5) is 10.1. The molecule has 0 amide bonds. The van der Waals surface area contributed by atoms with Crippen molar-refractivity contribution in [3.8, 4) is 12.3 Å². The molecule has 1 unspecified atom stereocenters. The number of nitro benzene ring substituents is 1. The molecule has 1 aromatic carbocycles. The lowest BCUT2D eigenvalue weighted by Crippen LogP contribution is -2.26. The zero-order valence-corrected chi connectivity index (χ0v) is 9.85. The lowest BCUT2D eigenvalue weighted by atomic mass is 10.1. The van der Waals surface area contributed by atoms with E-state index in [1.54, 1.807) is 12.1 Å². The van der Waals surface area contributed by atoms with Gasteiger partial charge in [-0.3, -0.25) is 15.4 Å². The number of nitrogens with zero attached hydrogens (tertiary/aromatic N) is 1. The Morgan fingerprint density at radius 3 is 2.59 bits per heavy atom. The quantitative estimate of drug-likeness (QED) is 0.465. The highest BCUT2D eigenvalue weighted by Crippen LogP contribution is 2.11. The van der Waals surface area contributed by atoms with E-state index in [0.717, 1.165) is 18.4 Å². The van der Waals surface area contributed by atoms with Gasteiger partial charge >= 0.3 is 0 Å². The van der Waals surface area contributed by atoms with Crippen LogP contribution in [0, 0.1) is 22.5 Å². The molecule has 1 rings (SSSR count). The molecule has 4 nitrogen and oxygen atoms in total. The highest BCUT2D eigenvalue weighted by Gasteiger charge is 2.05. The van der Waals surface area contributed by atoms with Crippen LogP contribution >= 0.6 is 0 Å². The SMILES string of the molecule is C#CC(CCC)NCc1ccc([N+](=O)[O-])cc1. The average Bonchev–Trinajstić information content (AvgIpc) is 2.35. The lowest BCUT2D eigenvalue weighted by molar-refractivity contribution is -0.384. The topological polar surface area (TPSA) is 55.2 Å². The van der Waals surface area contributed by atoms with Crippen molar-refractivity contribution in [2.45, 2.75) is 32.4 Å². The van der Waals surface area contributed by atoms with Crippen LogP contribution in [0.3, 0.4) is 0 Å². The molecule has 0 fully saturated rings. The highest BCUT2D eigenvalue weighted by atomic mass is 16.6. The van der Waals surface area contributed by atoms with Crippen molar-refractivity contribution in [3.05, 3.63) is 39.9 Å². The largest absolute Gasteiger partial charge is 0.300 e. The van der Waals surface area contributed by atoms with Gasteiger partial charge in [0.05, 0.1) is 11.0 Å². The van der Waals surface area contributed by atoms with Gasteiger partial charge in [0.25, 0.3) is 5.69 Å². The van der Waals surface area contributed by atoms with Gasteiger partial charge in [0.1, 0.15) is 0 Å². The molecule has 0 aromatic heterocycles. The third-order valence-electron chi connectivity index (χ3n) is 2.48. The molecule has 0 spiro atoms. The van der Waals surface area contributed by atoms with E-state index in [1.165, 1.54) is 12.1 Å². The van der Waals surface area contributed by atoms with Gasteiger partial charge in [-0.1, -0.05) is 31.4 Å². The van der Waals surface area contributed by atoms with Gasteiger partial charge in [0, 0.05) is 18.7 Å². The molecule has 0 bridgehead atoms. The molecule has 1 aromatic rings. The molecule has 1 atom stereocenters. The number of hydrogen-bond donors (Lipinski definition) is 1. The smallest absolute Gasteiger partial charge is 0.269 e. The van der Waals surface area contributed by atoms with E-state index in [-0.39, 0.29) is 11.7 Å². The molecule has 0 saturated heterocycles. The maximum absolute atomic E-state index is 10.5. The summed E-state index contributed by atoms with van der Waals surface area (Å²) in [6.45, 7) is 2.71. The second kappa shape index (κ2) is 6.66. The van der Waals surface area contributed by atoms with Gasteiger partial charge in [-0.25, -0.2) is 0 Å². The number of benzene rings is 1. The van der Waals surface area contributed by atoms with Crippen LogP contribution in [0.15, 0.2) is 24.3 Å². The molecule has 90 valence electrons. The minimum atomic E-state index is -0.404. The van der Waals surface area contributed by atoms with Crippen LogP contribution < -0.4 is 5.32 Å². The van der Waals surface area contributed by atoms with Gasteiger partial charge in [-0.05, 0) is 12.0 Å². The molecule has 0 saturated carbocycles. The first-order valence-corrected chi connectivity index (χ1v) is 5.60. The Morgan fingerprint density at radius 1 is 1.47 bits per heavy atom. The summed E-state index contributed by atoms with van der Waals surface area (Å²) in [5.41, 5.74) is 1.10. The molecule has 0 aliphatic rings. The minimum absolute atomic E-state index is 0.0650. The maximum Gasteiger partial charge on any atom is 0.269 e. The van der Waals surface area contributed by atoms with E-state index in [9.17, 15) is 10.1 Å². The predicted molar refractivity (Wildman–Crippen MR) is 67.5 cm³/mol. The summed E-state index contributed by atoms with van der Waals surface area (Å²) in [5, 5.41) is 13.7. The molecular formula is C13H16N2O2. The molecule has 0 aliphatic carbocycles. The van der Waals surface area contributed by atoms with Crippen LogP contribution in [-0.2, 0) is 6.54 Å². The van der Waals surface area contributed by atoms with Gasteiger partial charge < -0.3 is 0 Å². The maximum atomic E-state index is 10.5. The first kappa shape index (κ1) is 13.2. The molecule has 0 aliphatic heterocycles. The van der Waals surface area contributed by atoms with Crippen molar-refractivity contribution in [1.82, 2.24) is 5.32 Å². The Kier molecular flexibility index (Phi) is 5.18. The summed E-state index contributed by atoms with van der Waals surface area (Å²) in [7, 11) is 0. The first-order chi connectivity index (χ1) is 8.17. The fourth-order valence-corrected chi connectivity index (χ4v) is 1.51. The van der Waals surface area contributed by atoms with Crippen molar-refractivity contribution in [1.29, 1.82) is 0 Å². The molecule has 17 heavy (non-hydrogen) atoms. The summed E-state index contributed by atoms with van der Waals surface area (Å²) < 4.78 is 0. The van der Waals surface area contributed by atoms with Crippen LogP contribution in [0.4, 0.5) is 5.69 Å². The van der Waals surface area contributed by atoms with Crippen molar-refractivity contribution in [3.63, 3.8) is 0 Å². The summed E-state index contributed by atoms with van der Waals surface area (Å²) in [6, 6.07) is 6.55. The number of nitro groups is 1. The van der Waals surface area contributed by atoms with Crippen LogP contribution in [-0.4, -0.2) is 11.0 Å². The molecule has 1 N–H and O–H groups in total. The van der Waals surface area contributed by atoms with Gasteiger partial charge in [0.15, 0.2) is 0 Å². The second-order valence-corrected chi connectivity index (χ2v) is 3.81. The third-order valence-corrected chi connectivity index (χ3v) is 2.48. The van der Waals surface area contributed by atoms with Crippen LogP contribution in [0.1, 0.15) is 25.3 Å². The first-order valence-electron chi connectivity index (χ1n) is 5.60. The number of hydrogen-bond acceptors (Lipinski definition) is 3. The van der Waals surface area contributed by atoms with Crippen molar-refractivity contribution in [2.24, 2.45) is 0 Å². The number of nitrogens with one attached hydrogen (secondary N) is 1. The third kappa shape index (κ3) is 4.25. The Bertz CT molecular complexity index is 406. The van der Waals surface area contributed by atoms with Crippen LogP contribution in [0.25, 0.3) is 0 Å². The van der Waals surface area contributed by atoms with Crippen LogP contribution in [0.2, 0.25) is 0 Å². The highest BCUT2D eigenvalue weighted by molar-refractivity contribution is 5.32. The molecule has 0 radical (unpaired) electrons. The predicted octanol–water partition coefficient (Wildman–Crippen LogP) is 2.49. The average molecular weight is 232 g/mol. The Balaban J connectivity index is 2.52. The van der Waals surface area contributed by atoms with E-state index >= 15 is 0 Å². The fourth-order valence-electron chi connectivity index (χ4n) is 1.51.